The summed E-state index contributed by atoms with van der Waals surface area (Å²) in [6.45, 7) is 1.35. The number of thiophene rings is 1. The van der Waals surface area contributed by atoms with E-state index in [2.05, 4.69) is 5.32 Å². The topological polar surface area (TPSA) is 116 Å². The summed E-state index contributed by atoms with van der Waals surface area (Å²) in [5.74, 6) is -0.286. The molecule has 9 heteroatoms. The van der Waals surface area contributed by atoms with Gasteiger partial charge in [0.25, 0.3) is 5.91 Å². The SMILES string of the molecule is Cc1cc(S(N)(=O)=O)ccc1NC(=O)COc1ccsc1C(=O)c1ccccc1. The Morgan fingerprint density at radius 2 is 1.83 bits per heavy atom. The summed E-state index contributed by atoms with van der Waals surface area (Å²) >= 11 is 1.24. The molecule has 0 atom stereocenters. The first-order valence-corrected chi connectivity index (χ1v) is 10.9. The first kappa shape index (κ1) is 20.7. The number of carbonyl (C=O) groups is 2. The van der Waals surface area contributed by atoms with Gasteiger partial charge in [0.15, 0.2) is 6.61 Å². The van der Waals surface area contributed by atoms with Gasteiger partial charge in [-0.25, -0.2) is 13.6 Å². The van der Waals surface area contributed by atoms with E-state index in [1.54, 1.807) is 42.6 Å². The van der Waals surface area contributed by atoms with E-state index >= 15 is 0 Å². The summed E-state index contributed by atoms with van der Waals surface area (Å²) in [5, 5.41) is 9.47. The van der Waals surface area contributed by atoms with Crippen LogP contribution in [0.15, 0.2) is 64.9 Å². The summed E-state index contributed by atoms with van der Waals surface area (Å²) in [7, 11) is -3.81. The molecule has 1 amide bonds. The van der Waals surface area contributed by atoms with Crippen LogP contribution in [0.1, 0.15) is 20.8 Å². The Bertz CT molecular complexity index is 1150. The molecule has 0 fully saturated rings. The number of nitrogens with one attached hydrogen (secondary N) is 1. The molecule has 0 saturated heterocycles. The first-order valence-electron chi connectivity index (χ1n) is 8.49. The molecule has 2 aromatic carbocycles. The molecule has 7 nitrogen and oxygen atoms in total. The molecular formula is C20H18N2O5S2. The number of hydrogen-bond donors (Lipinski definition) is 2. The summed E-state index contributed by atoms with van der Waals surface area (Å²) in [6.07, 6.45) is 0. The second kappa shape index (κ2) is 8.56. The number of carbonyl (C=O) groups excluding carboxylic acids is 2. The number of sulfonamides is 1. The average Bonchev–Trinajstić information content (AvgIpc) is 3.16. The Balaban J connectivity index is 1.65. The fourth-order valence-corrected chi connectivity index (χ4v) is 3.97. The molecule has 0 aliphatic rings. The fourth-order valence-electron chi connectivity index (χ4n) is 2.58. The lowest BCUT2D eigenvalue weighted by molar-refractivity contribution is -0.118. The molecule has 150 valence electrons. The zero-order valence-corrected chi connectivity index (χ0v) is 17.0. The second-order valence-corrected chi connectivity index (χ2v) is 8.65. The van der Waals surface area contributed by atoms with Gasteiger partial charge in [0.1, 0.15) is 10.6 Å². The normalized spacial score (nSPS) is 11.1. The molecule has 0 aliphatic heterocycles. The highest BCUT2D eigenvalue weighted by molar-refractivity contribution is 7.89. The average molecular weight is 431 g/mol. The quantitative estimate of drug-likeness (QED) is 0.559. The molecule has 29 heavy (non-hydrogen) atoms. The van der Waals surface area contributed by atoms with E-state index in [0.717, 1.165) is 0 Å². The van der Waals surface area contributed by atoms with Crippen LogP contribution in [0.4, 0.5) is 5.69 Å². The van der Waals surface area contributed by atoms with Crippen molar-refractivity contribution in [2.24, 2.45) is 5.14 Å². The van der Waals surface area contributed by atoms with Gasteiger partial charge in [-0.1, -0.05) is 30.3 Å². The molecule has 0 saturated carbocycles. The predicted octanol–water partition coefficient (Wildman–Crippen LogP) is 2.95. The van der Waals surface area contributed by atoms with E-state index < -0.39 is 15.9 Å². The van der Waals surface area contributed by atoms with Crippen LogP contribution in [0.3, 0.4) is 0 Å². The highest BCUT2D eigenvalue weighted by atomic mass is 32.2. The number of primary sulfonamides is 1. The molecular weight excluding hydrogens is 412 g/mol. The van der Waals surface area contributed by atoms with E-state index in [1.807, 2.05) is 6.07 Å². The molecule has 1 heterocycles. The number of ketones is 1. The van der Waals surface area contributed by atoms with Gasteiger partial charge in [0.05, 0.1) is 4.90 Å². The predicted molar refractivity (Wildman–Crippen MR) is 111 cm³/mol. The van der Waals surface area contributed by atoms with Crippen molar-refractivity contribution in [3.8, 4) is 5.75 Å². The van der Waals surface area contributed by atoms with Crippen LogP contribution in [-0.4, -0.2) is 26.7 Å². The van der Waals surface area contributed by atoms with E-state index in [4.69, 9.17) is 9.88 Å². The standard InChI is InChI=1S/C20H18N2O5S2/c1-13-11-15(29(21,25)26)7-8-16(13)22-18(23)12-27-17-9-10-28-20(17)19(24)14-5-3-2-4-6-14/h2-11H,12H2,1H3,(H,22,23)(H2,21,25,26). The summed E-state index contributed by atoms with van der Waals surface area (Å²) in [4.78, 5) is 25.2. The van der Waals surface area contributed by atoms with Crippen LogP contribution in [0.25, 0.3) is 0 Å². The number of benzene rings is 2. The van der Waals surface area contributed by atoms with Crippen LogP contribution in [0.2, 0.25) is 0 Å². The van der Waals surface area contributed by atoms with Gasteiger partial charge >= 0.3 is 0 Å². The minimum absolute atomic E-state index is 0.0356. The molecule has 1 aromatic heterocycles. The number of nitrogens with two attached hydrogens (primary N) is 1. The third kappa shape index (κ3) is 5.08. The third-order valence-corrected chi connectivity index (χ3v) is 5.84. The van der Waals surface area contributed by atoms with Crippen molar-refractivity contribution in [1.82, 2.24) is 0 Å². The molecule has 0 radical (unpaired) electrons. The van der Waals surface area contributed by atoms with Crippen molar-refractivity contribution in [2.45, 2.75) is 11.8 Å². The van der Waals surface area contributed by atoms with E-state index in [-0.39, 0.29) is 17.3 Å². The molecule has 3 N–H and O–H groups in total. The zero-order chi connectivity index (χ0) is 21.0. The molecule has 0 bridgehead atoms. The number of rotatable bonds is 7. The number of ether oxygens (including phenoxy) is 1. The van der Waals surface area contributed by atoms with Crippen LogP contribution in [0.5, 0.6) is 5.75 Å². The third-order valence-electron chi connectivity index (χ3n) is 4.03. The molecule has 3 rings (SSSR count). The van der Waals surface area contributed by atoms with Gasteiger partial charge in [-0.3, -0.25) is 9.59 Å². The maximum atomic E-state index is 12.6. The van der Waals surface area contributed by atoms with Crippen molar-refractivity contribution in [3.63, 3.8) is 0 Å². The molecule has 0 spiro atoms. The van der Waals surface area contributed by atoms with Crippen molar-refractivity contribution in [1.29, 1.82) is 0 Å². The minimum atomic E-state index is -3.81. The largest absolute Gasteiger partial charge is 0.482 e. The number of anilines is 1. The van der Waals surface area contributed by atoms with Gasteiger partial charge in [-0.05, 0) is 42.1 Å². The van der Waals surface area contributed by atoms with Gasteiger partial charge in [0.2, 0.25) is 15.8 Å². The van der Waals surface area contributed by atoms with Crippen LogP contribution in [0, 0.1) is 6.92 Å². The number of aryl methyl sites for hydroxylation is 1. The van der Waals surface area contributed by atoms with Gasteiger partial charge in [-0.15, -0.1) is 11.3 Å². The summed E-state index contributed by atoms with van der Waals surface area (Å²) in [5.41, 5.74) is 1.52. The lowest BCUT2D eigenvalue weighted by atomic mass is 10.1. The fraction of sp³-hybridized carbons (Fsp3) is 0.100. The van der Waals surface area contributed by atoms with E-state index in [0.29, 0.717) is 27.4 Å². The monoisotopic (exact) mass is 430 g/mol. The van der Waals surface area contributed by atoms with Crippen molar-refractivity contribution < 1.29 is 22.7 Å². The molecule has 0 unspecified atom stereocenters. The maximum Gasteiger partial charge on any atom is 0.262 e. The molecule has 0 aliphatic carbocycles. The van der Waals surface area contributed by atoms with Crippen LogP contribution >= 0.6 is 11.3 Å². The van der Waals surface area contributed by atoms with Crippen molar-refractivity contribution in [3.05, 3.63) is 76.0 Å². The second-order valence-electron chi connectivity index (χ2n) is 6.17. The lowest BCUT2D eigenvalue weighted by Crippen LogP contribution is -2.21. The summed E-state index contributed by atoms with van der Waals surface area (Å²) < 4.78 is 28.3. The Kier molecular flexibility index (Phi) is 6.12. The van der Waals surface area contributed by atoms with Gasteiger partial charge in [-0.2, -0.15) is 0 Å². The number of amides is 1. The minimum Gasteiger partial charge on any atom is -0.482 e. The van der Waals surface area contributed by atoms with Crippen molar-refractivity contribution in [2.75, 3.05) is 11.9 Å². The highest BCUT2D eigenvalue weighted by Gasteiger charge is 2.17. The van der Waals surface area contributed by atoms with Crippen LogP contribution < -0.4 is 15.2 Å². The zero-order valence-electron chi connectivity index (χ0n) is 15.4. The maximum absolute atomic E-state index is 12.6. The summed E-state index contributed by atoms with van der Waals surface area (Å²) in [6, 6.07) is 14.6. The Hall–Kier alpha value is -3.01. The lowest BCUT2D eigenvalue weighted by Gasteiger charge is -2.11. The smallest absolute Gasteiger partial charge is 0.262 e. The first-order chi connectivity index (χ1) is 13.8. The van der Waals surface area contributed by atoms with Crippen molar-refractivity contribution >= 4 is 38.7 Å². The Morgan fingerprint density at radius 3 is 2.48 bits per heavy atom. The van der Waals surface area contributed by atoms with E-state index in [1.165, 1.54) is 29.5 Å². The van der Waals surface area contributed by atoms with Crippen LogP contribution in [-0.2, 0) is 14.8 Å². The van der Waals surface area contributed by atoms with E-state index in [9.17, 15) is 18.0 Å². The Morgan fingerprint density at radius 1 is 1.10 bits per heavy atom. The van der Waals surface area contributed by atoms with Gasteiger partial charge in [0, 0.05) is 11.3 Å². The van der Waals surface area contributed by atoms with Gasteiger partial charge < -0.3 is 10.1 Å². The molecule has 3 aromatic rings. The Labute approximate surface area is 172 Å². The highest BCUT2D eigenvalue weighted by Crippen LogP contribution is 2.27. The number of hydrogen-bond acceptors (Lipinski definition) is 6.